The number of ether oxygens (including phenoxy) is 1. The van der Waals surface area contributed by atoms with E-state index in [4.69, 9.17) is 4.74 Å². The summed E-state index contributed by atoms with van der Waals surface area (Å²) >= 11 is 0. The molecule has 1 unspecified atom stereocenters. The number of fused-ring (bicyclic) bond motifs is 2. The first kappa shape index (κ1) is 16.8. The summed E-state index contributed by atoms with van der Waals surface area (Å²) in [5.74, 6) is 0.700. The van der Waals surface area contributed by atoms with E-state index in [1.165, 1.54) is 0 Å². The molecule has 0 saturated carbocycles. The number of nitrogens with zero attached hydrogens (tertiary/aromatic N) is 2. The van der Waals surface area contributed by atoms with E-state index < -0.39 is 0 Å². The van der Waals surface area contributed by atoms with Crippen molar-refractivity contribution < 1.29 is 9.53 Å². The lowest BCUT2D eigenvalue weighted by molar-refractivity contribution is 0.0955. The van der Waals surface area contributed by atoms with Crippen molar-refractivity contribution in [1.29, 1.82) is 0 Å². The average molecular weight is 349 g/mol. The Labute approximate surface area is 147 Å². The number of anilines is 1. The van der Waals surface area contributed by atoms with Crippen LogP contribution in [-0.2, 0) is 13.0 Å². The number of nitrogens with one attached hydrogen (secondary N) is 2. The van der Waals surface area contributed by atoms with Crippen molar-refractivity contribution >= 4 is 24.0 Å². The lowest BCUT2D eigenvalue weighted by atomic mass is 10.1. The van der Waals surface area contributed by atoms with Crippen LogP contribution in [0.25, 0.3) is 0 Å². The highest BCUT2D eigenvalue weighted by Crippen LogP contribution is 2.35. The Morgan fingerprint density at radius 3 is 3.08 bits per heavy atom. The first-order valence-electron chi connectivity index (χ1n) is 7.99. The molecule has 0 fully saturated rings. The Bertz CT molecular complexity index is 774. The molecule has 0 radical (unpaired) electrons. The van der Waals surface area contributed by atoms with E-state index in [0.717, 1.165) is 41.2 Å². The minimum atomic E-state index is -0.0635. The molecular formula is C17H21ClN4O2. The number of hydrogen-bond acceptors (Lipinski definition) is 4. The van der Waals surface area contributed by atoms with Gasteiger partial charge in [-0.25, -0.2) is 0 Å². The lowest BCUT2D eigenvalue weighted by Crippen LogP contribution is -2.43. The summed E-state index contributed by atoms with van der Waals surface area (Å²) in [5, 5.41) is 10.6. The molecule has 0 bridgehead atoms. The van der Waals surface area contributed by atoms with E-state index in [1.54, 1.807) is 4.90 Å². The second-order valence-corrected chi connectivity index (χ2v) is 6.27. The number of aromatic amines is 1. The summed E-state index contributed by atoms with van der Waals surface area (Å²) in [7, 11) is 0. The molecule has 2 aromatic rings. The minimum absolute atomic E-state index is 0. The van der Waals surface area contributed by atoms with Crippen LogP contribution in [0.3, 0.4) is 0 Å². The fourth-order valence-electron chi connectivity index (χ4n) is 3.27. The molecule has 1 amide bonds. The highest BCUT2D eigenvalue weighted by atomic mass is 35.5. The van der Waals surface area contributed by atoms with Gasteiger partial charge >= 0.3 is 0 Å². The first-order valence-corrected chi connectivity index (χ1v) is 7.99. The molecule has 128 valence electrons. The Kier molecular flexibility index (Phi) is 4.51. The number of aromatic nitrogens is 2. The molecule has 1 aromatic heterocycles. The molecule has 4 rings (SSSR count). The third kappa shape index (κ3) is 2.76. The van der Waals surface area contributed by atoms with Crippen LogP contribution in [0.5, 0.6) is 5.75 Å². The molecule has 0 saturated heterocycles. The van der Waals surface area contributed by atoms with Gasteiger partial charge in [0, 0.05) is 30.8 Å². The second-order valence-electron chi connectivity index (χ2n) is 6.27. The molecule has 0 spiro atoms. The van der Waals surface area contributed by atoms with Crippen LogP contribution in [0.4, 0.5) is 5.69 Å². The Morgan fingerprint density at radius 1 is 1.42 bits per heavy atom. The van der Waals surface area contributed by atoms with Crippen LogP contribution in [-0.4, -0.2) is 35.3 Å². The monoisotopic (exact) mass is 348 g/mol. The normalized spacial score (nSPS) is 18.9. The molecule has 1 atom stereocenters. The Balaban J connectivity index is 0.00000169. The van der Waals surface area contributed by atoms with E-state index in [1.807, 2.05) is 32.0 Å². The zero-order valence-corrected chi connectivity index (χ0v) is 14.6. The fourth-order valence-corrected chi connectivity index (χ4v) is 3.27. The summed E-state index contributed by atoms with van der Waals surface area (Å²) in [6.07, 6.45) is 0.839. The van der Waals surface area contributed by atoms with Crippen molar-refractivity contribution in [1.82, 2.24) is 15.5 Å². The quantitative estimate of drug-likeness (QED) is 0.829. The summed E-state index contributed by atoms with van der Waals surface area (Å²) in [6, 6.07) is 5.93. The van der Waals surface area contributed by atoms with Crippen molar-refractivity contribution in [2.75, 3.05) is 18.0 Å². The number of H-pyrrole nitrogens is 1. The minimum Gasteiger partial charge on any atom is -0.487 e. The van der Waals surface area contributed by atoms with Gasteiger partial charge in [0.1, 0.15) is 11.9 Å². The van der Waals surface area contributed by atoms with Gasteiger partial charge in [-0.2, -0.15) is 5.10 Å². The molecule has 3 heterocycles. The SMILES string of the molecule is Cc1ccc2c(c1)OC(C)CN2C(=O)c1n[nH]c2c1CNCC2.Cl. The predicted molar refractivity (Wildman–Crippen MR) is 94.2 cm³/mol. The van der Waals surface area contributed by atoms with Gasteiger partial charge in [-0.15, -0.1) is 12.4 Å². The lowest BCUT2D eigenvalue weighted by Gasteiger charge is -2.33. The standard InChI is InChI=1S/C17H20N4O2.ClH/c1-10-3-4-14-15(7-10)23-11(2)9-21(14)17(22)16-12-8-18-6-5-13(12)19-20-16;/h3-4,7,11,18H,5-6,8-9H2,1-2H3,(H,19,20);1H. The number of halogens is 1. The molecule has 2 aliphatic rings. The number of amides is 1. The van der Waals surface area contributed by atoms with E-state index in [0.29, 0.717) is 18.8 Å². The van der Waals surface area contributed by atoms with Gasteiger partial charge in [0.15, 0.2) is 5.69 Å². The third-order valence-corrected chi connectivity index (χ3v) is 4.43. The maximum Gasteiger partial charge on any atom is 0.279 e. The molecule has 1 aromatic carbocycles. The van der Waals surface area contributed by atoms with Gasteiger partial charge in [-0.3, -0.25) is 14.8 Å². The maximum absolute atomic E-state index is 13.1. The van der Waals surface area contributed by atoms with E-state index in [2.05, 4.69) is 15.5 Å². The molecule has 24 heavy (non-hydrogen) atoms. The predicted octanol–water partition coefficient (Wildman–Crippen LogP) is 2.21. The average Bonchev–Trinajstić information content (AvgIpc) is 2.97. The molecule has 2 aliphatic heterocycles. The summed E-state index contributed by atoms with van der Waals surface area (Å²) in [6.45, 7) is 6.13. The van der Waals surface area contributed by atoms with Gasteiger partial charge < -0.3 is 10.1 Å². The van der Waals surface area contributed by atoms with Crippen molar-refractivity contribution in [3.8, 4) is 5.75 Å². The van der Waals surface area contributed by atoms with E-state index >= 15 is 0 Å². The van der Waals surface area contributed by atoms with E-state index in [-0.39, 0.29) is 24.4 Å². The van der Waals surface area contributed by atoms with Crippen LogP contribution >= 0.6 is 12.4 Å². The number of aryl methyl sites for hydroxylation is 1. The van der Waals surface area contributed by atoms with Crippen LogP contribution in [0.2, 0.25) is 0 Å². The zero-order chi connectivity index (χ0) is 16.0. The van der Waals surface area contributed by atoms with Crippen LogP contribution in [0.1, 0.15) is 34.2 Å². The fraction of sp³-hybridized carbons (Fsp3) is 0.412. The van der Waals surface area contributed by atoms with Gasteiger partial charge in [-0.1, -0.05) is 6.07 Å². The topological polar surface area (TPSA) is 70.2 Å². The van der Waals surface area contributed by atoms with Gasteiger partial charge in [0.05, 0.1) is 12.2 Å². The van der Waals surface area contributed by atoms with Crippen molar-refractivity contribution in [2.24, 2.45) is 0 Å². The van der Waals surface area contributed by atoms with Crippen molar-refractivity contribution in [3.05, 3.63) is 40.7 Å². The van der Waals surface area contributed by atoms with Gasteiger partial charge in [0.2, 0.25) is 0 Å². The van der Waals surface area contributed by atoms with Crippen molar-refractivity contribution in [3.63, 3.8) is 0 Å². The van der Waals surface area contributed by atoms with Crippen LogP contribution in [0.15, 0.2) is 18.2 Å². The largest absolute Gasteiger partial charge is 0.487 e. The zero-order valence-electron chi connectivity index (χ0n) is 13.8. The Morgan fingerprint density at radius 2 is 2.25 bits per heavy atom. The molecule has 0 aliphatic carbocycles. The molecule has 2 N–H and O–H groups in total. The summed E-state index contributed by atoms with van der Waals surface area (Å²) in [4.78, 5) is 14.9. The number of carbonyl (C=O) groups is 1. The smallest absolute Gasteiger partial charge is 0.279 e. The maximum atomic E-state index is 13.1. The second kappa shape index (κ2) is 6.45. The van der Waals surface area contributed by atoms with Gasteiger partial charge in [-0.05, 0) is 31.5 Å². The third-order valence-electron chi connectivity index (χ3n) is 4.43. The number of hydrogen-bond donors (Lipinski definition) is 2. The molecule has 7 heteroatoms. The van der Waals surface area contributed by atoms with Crippen molar-refractivity contribution in [2.45, 2.75) is 32.9 Å². The molecule has 6 nitrogen and oxygen atoms in total. The highest BCUT2D eigenvalue weighted by molar-refractivity contribution is 6.07. The molecular weight excluding hydrogens is 328 g/mol. The van der Waals surface area contributed by atoms with E-state index in [9.17, 15) is 4.79 Å². The van der Waals surface area contributed by atoms with Crippen LogP contribution < -0.4 is 15.0 Å². The first-order chi connectivity index (χ1) is 11.1. The summed E-state index contributed by atoms with van der Waals surface area (Å²) in [5.41, 5.74) is 4.52. The number of carbonyl (C=O) groups excluding carboxylic acids is 1. The summed E-state index contributed by atoms with van der Waals surface area (Å²) < 4.78 is 5.89. The number of benzene rings is 1. The van der Waals surface area contributed by atoms with Crippen LogP contribution in [0, 0.1) is 6.92 Å². The Hall–Kier alpha value is -2.05. The highest BCUT2D eigenvalue weighted by Gasteiger charge is 2.32. The number of rotatable bonds is 1. The van der Waals surface area contributed by atoms with Gasteiger partial charge in [0.25, 0.3) is 5.91 Å².